The number of rotatable bonds is 2. The molecule has 0 aromatic heterocycles. The van der Waals surface area contributed by atoms with Crippen molar-refractivity contribution in [2.75, 3.05) is 30.4 Å². The van der Waals surface area contributed by atoms with Gasteiger partial charge in [0.2, 0.25) is 0 Å². The number of ketones is 1. The van der Waals surface area contributed by atoms with Crippen LogP contribution in [-0.4, -0.2) is 26.4 Å². The van der Waals surface area contributed by atoms with E-state index in [1.54, 1.807) is 11.8 Å². The Labute approximate surface area is 147 Å². The van der Waals surface area contributed by atoms with E-state index in [2.05, 4.69) is 55.1 Å². The summed E-state index contributed by atoms with van der Waals surface area (Å²) in [5.41, 5.74) is 5.34. The van der Waals surface area contributed by atoms with Gasteiger partial charge in [-0.1, -0.05) is 36.0 Å². The minimum absolute atomic E-state index is 0.187. The quantitative estimate of drug-likeness (QED) is 0.762. The van der Waals surface area contributed by atoms with Crippen LogP contribution in [0.15, 0.2) is 58.0 Å². The molecule has 0 atom stereocenters. The van der Waals surface area contributed by atoms with Crippen molar-refractivity contribution in [1.29, 1.82) is 0 Å². The van der Waals surface area contributed by atoms with Gasteiger partial charge in [0.15, 0.2) is 5.78 Å². The summed E-state index contributed by atoms with van der Waals surface area (Å²) >= 11 is 1.73. The van der Waals surface area contributed by atoms with Crippen molar-refractivity contribution in [3.63, 3.8) is 0 Å². The van der Waals surface area contributed by atoms with E-state index in [0.29, 0.717) is 0 Å². The fourth-order valence-corrected chi connectivity index (χ4v) is 4.69. The number of benzene rings is 2. The minimum Gasteiger partial charge on any atom is -0.378 e. The molecule has 122 valence electrons. The molecule has 2 aromatic carbocycles. The second-order valence-electron chi connectivity index (χ2n) is 6.34. The second kappa shape index (κ2) is 5.71. The van der Waals surface area contributed by atoms with Crippen molar-refractivity contribution >= 4 is 28.9 Å². The molecular weight excluding hydrogens is 316 g/mol. The number of Topliss-reactive ketones (excluding diaryl/α,β-unsaturated/α-hetero) is 1. The van der Waals surface area contributed by atoms with Gasteiger partial charge in [0.1, 0.15) is 0 Å². The molecule has 0 fully saturated rings. The summed E-state index contributed by atoms with van der Waals surface area (Å²) in [7, 11) is 4.10. The first-order chi connectivity index (χ1) is 11.6. The normalized spacial score (nSPS) is 18.8. The first-order valence-electron chi connectivity index (χ1n) is 8.22. The summed E-state index contributed by atoms with van der Waals surface area (Å²) in [6.45, 7) is 3.01. The molecule has 1 aliphatic carbocycles. The lowest BCUT2D eigenvalue weighted by Gasteiger charge is -2.20. The molecule has 4 rings (SSSR count). The van der Waals surface area contributed by atoms with Crippen molar-refractivity contribution in [2.45, 2.75) is 18.2 Å². The van der Waals surface area contributed by atoms with Gasteiger partial charge in [-0.05, 0) is 30.7 Å². The number of allylic oxidation sites excluding steroid dienone is 1. The van der Waals surface area contributed by atoms with Gasteiger partial charge in [-0.15, -0.1) is 0 Å². The van der Waals surface area contributed by atoms with E-state index >= 15 is 0 Å². The van der Waals surface area contributed by atoms with E-state index in [9.17, 15) is 4.79 Å². The molecule has 0 bridgehead atoms. The Balaban J connectivity index is 1.79. The van der Waals surface area contributed by atoms with Crippen LogP contribution in [0.4, 0.5) is 11.4 Å². The molecule has 0 unspecified atom stereocenters. The molecule has 0 amide bonds. The average molecular weight is 336 g/mol. The number of thioether (sulfide) groups is 1. The van der Waals surface area contributed by atoms with Crippen molar-refractivity contribution < 1.29 is 4.79 Å². The SMILES string of the molecule is CCN1C(=C2Cc3ccccc3C2=O)Sc2cc(N(C)C)ccc21. The summed E-state index contributed by atoms with van der Waals surface area (Å²) in [5, 5.41) is 1.10. The van der Waals surface area contributed by atoms with Gasteiger partial charge in [-0.2, -0.15) is 0 Å². The van der Waals surface area contributed by atoms with Gasteiger partial charge in [0.25, 0.3) is 0 Å². The van der Waals surface area contributed by atoms with E-state index in [1.165, 1.54) is 16.3 Å². The van der Waals surface area contributed by atoms with Crippen molar-refractivity contribution in [3.05, 3.63) is 64.2 Å². The Hall–Kier alpha value is -2.20. The van der Waals surface area contributed by atoms with Gasteiger partial charge in [0, 0.05) is 48.8 Å². The summed E-state index contributed by atoms with van der Waals surface area (Å²) in [4.78, 5) is 18.5. The van der Waals surface area contributed by atoms with E-state index in [1.807, 2.05) is 18.2 Å². The molecule has 0 radical (unpaired) electrons. The maximum absolute atomic E-state index is 12.9. The highest BCUT2D eigenvalue weighted by Crippen LogP contribution is 2.49. The van der Waals surface area contributed by atoms with Crippen LogP contribution in [0, 0.1) is 0 Å². The number of fused-ring (bicyclic) bond motifs is 2. The van der Waals surface area contributed by atoms with Crippen LogP contribution in [0.1, 0.15) is 22.8 Å². The summed E-state index contributed by atoms with van der Waals surface area (Å²) in [5.74, 6) is 0.187. The Bertz CT molecular complexity index is 870. The molecule has 24 heavy (non-hydrogen) atoms. The first kappa shape index (κ1) is 15.3. The zero-order valence-electron chi connectivity index (χ0n) is 14.2. The van der Waals surface area contributed by atoms with Gasteiger partial charge < -0.3 is 9.80 Å². The smallest absolute Gasteiger partial charge is 0.192 e. The topological polar surface area (TPSA) is 23.6 Å². The number of hydrogen-bond acceptors (Lipinski definition) is 4. The van der Waals surface area contributed by atoms with Gasteiger partial charge in [-0.25, -0.2) is 0 Å². The molecule has 0 N–H and O–H groups in total. The lowest BCUT2D eigenvalue weighted by atomic mass is 10.1. The van der Waals surface area contributed by atoms with E-state index in [-0.39, 0.29) is 5.78 Å². The Kier molecular flexibility index (Phi) is 3.65. The molecule has 1 heterocycles. The van der Waals surface area contributed by atoms with Crippen LogP contribution in [0.25, 0.3) is 0 Å². The lowest BCUT2D eigenvalue weighted by molar-refractivity contribution is 0.103. The van der Waals surface area contributed by atoms with Gasteiger partial charge in [0.05, 0.1) is 10.7 Å². The third-order valence-corrected chi connectivity index (χ3v) is 5.89. The van der Waals surface area contributed by atoms with Crippen LogP contribution in [0.2, 0.25) is 0 Å². The van der Waals surface area contributed by atoms with Gasteiger partial charge in [-0.3, -0.25) is 4.79 Å². The second-order valence-corrected chi connectivity index (χ2v) is 7.37. The van der Waals surface area contributed by atoms with Crippen LogP contribution < -0.4 is 9.80 Å². The fourth-order valence-electron chi connectivity index (χ4n) is 3.39. The van der Waals surface area contributed by atoms with Crippen molar-refractivity contribution in [2.24, 2.45) is 0 Å². The monoisotopic (exact) mass is 336 g/mol. The molecule has 2 aromatic rings. The minimum atomic E-state index is 0.187. The standard InChI is InChI=1S/C20H20N2OS/c1-4-22-17-10-9-14(21(2)3)12-18(17)24-20(22)16-11-13-7-5-6-8-15(13)19(16)23/h5-10,12H,4,11H2,1-3H3. The maximum atomic E-state index is 12.9. The van der Waals surface area contributed by atoms with E-state index in [4.69, 9.17) is 0 Å². The fraction of sp³-hybridized carbons (Fsp3) is 0.250. The summed E-state index contributed by atoms with van der Waals surface area (Å²) in [6.07, 6.45) is 0.738. The average Bonchev–Trinajstić information content (AvgIpc) is 3.12. The Morgan fingerprint density at radius 3 is 2.67 bits per heavy atom. The van der Waals surface area contributed by atoms with E-state index in [0.717, 1.165) is 34.7 Å². The predicted molar refractivity (Wildman–Crippen MR) is 101 cm³/mol. The summed E-state index contributed by atoms with van der Waals surface area (Å²) < 4.78 is 0. The van der Waals surface area contributed by atoms with Crippen LogP contribution in [-0.2, 0) is 6.42 Å². The number of nitrogens with zero attached hydrogens (tertiary/aromatic N) is 2. The van der Waals surface area contributed by atoms with Crippen molar-refractivity contribution in [3.8, 4) is 0 Å². The highest BCUT2D eigenvalue weighted by molar-refractivity contribution is 8.03. The highest BCUT2D eigenvalue weighted by Gasteiger charge is 2.34. The number of hydrogen-bond donors (Lipinski definition) is 0. The Morgan fingerprint density at radius 1 is 1.17 bits per heavy atom. The highest BCUT2D eigenvalue weighted by atomic mass is 32.2. The van der Waals surface area contributed by atoms with Gasteiger partial charge >= 0.3 is 0 Å². The third kappa shape index (κ3) is 2.25. The zero-order valence-corrected chi connectivity index (χ0v) is 15.0. The molecular formula is C20H20N2OS. The lowest BCUT2D eigenvalue weighted by Crippen LogP contribution is -2.19. The first-order valence-corrected chi connectivity index (χ1v) is 9.04. The number of carbonyl (C=O) groups excluding carboxylic acids is 1. The molecule has 0 saturated carbocycles. The Morgan fingerprint density at radius 2 is 1.96 bits per heavy atom. The molecule has 0 spiro atoms. The van der Waals surface area contributed by atoms with Crippen LogP contribution in [0.3, 0.4) is 0 Å². The molecule has 4 heteroatoms. The van der Waals surface area contributed by atoms with Crippen LogP contribution in [0.5, 0.6) is 0 Å². The third-order valence-electron chi connectivity index (χ3n) is 4.68. The zero-order chi connectivity index (χ0) is 16.8. The maximum Gasteiger partial charge on any atom is 0.192 e. The molecule has 3 nitrogen and oxygen atoms in total. The molecule has 0 saturated heterocycles. The largest absolute Gasteiger partial charge is 0.378 e. The summed E-state index contributed by atoms with van der Waals surface area (Å²) in [6, 6.07) is 14.5. The predicted octanol–water partition coefficient (Wildman–Crippen LogP) is 4.34. The molecule has 1 aliphatic heterocycles. The number of anilines is 2. The van der Waals surface area contributed by atoms with Crippen LogP contribution >= 0.6 is 11.8 Å². The van der Waals surface area contributed by atoms with Crippen molar-refractivity contribution in [1.82, 2.24) is 0 Å². The van der Waals surface area contributed by atoms with E-state index < -0.39 is 0 Å². The molecule has 2 aliphatic rings. The number of carbonyl (C=O) groups is 1.